The van der Waals surface area contributed by atoms with Crippen LogP contribution in [0.15, 0.2) is 17.2 Å². The molecule has 0 aliphatic heterocycles. The molecule has 0 atom stereocenters. The third-order valence-corrected chi connectivity index (χ3v) is 2.93. The molecule has 0 bridgehead atoms. The van der Waals surface area contributed by atoms with E-state index in [2.05, 4.69) is 46.8 Å². The number of hydrogen-bond acceptors (Lipinski definition) is 3. The normalized spacial score (nSPS) is 11.1. The van der Waals surface area contributed by atoms with Gasteiger partial charge in [-0.15, -0.1) is 22.0 Å². The predicted molar refractivity (Wildman–Crippen MR) is 58.9 cm³/mol. The van der Waals surface area contributed by atoms with E-state index < -0.39 is 0 Å². The number of thioether (sulfide) groups is 1. The zero-order valence-corrected chi connectivity index (χ0v) is 9.43. The third kappa shape index (κ3) is 1.39. The van der Waals surface area contributed by atoms with Crippen molar-refractivity contribution in [3.8, 4) is 0 Å². The second-order valence-corrected chi connectivity index (χ2v) is 4.06. The Bertz CT molecular complexity index is 462. The van der Waals surface area contributed by atoms with E-state index in [-0.39, 0.29) is 0 Å². The first-order valence-electron chi connectivity index (χ1n) is 4.65. The minimum absolute atomic E-state index is 0.914. The molecule has 74 valence electrons. The van der Waals surface area contributed by atoms with Crippen molar-refractivity contribution in [3.63, 3.8) is 0 Å². The van der Waals surface area contributed by atoms with Gasteiger partial charge in [-0.05, 0) is 30.9 Å². The van der Waals surface area contributed by atoms with E-state index in [1.165, 1.54) is 10.6 Å². The van der Waals surface area contributed by atoms with Gasteiger partial charge in [-0.3, -0.25) is 4.40 Å². The van der Waals surface area contributed by atoms with Gasteiger partial charge in [0.05, 0.1) is 5.03 Å². The summed E-state index contributed by atoms with van der Waals surface area (Å²) >= 11 is 1.73. The number of rotatable bonds is 2. The van der Waals surface area contributed by atoms with Gasteiger partial charge < -0.3 is 0 Å². The van der Waals surface area contributed by atoms with E-state index in [4.69, 9.17) is 0 Å². The molecule has 0 aromatic carbocycles. The SMILES string of the molecule is CCc1nnc2cc(C)cc(SC)n12. The van der Waals surface area contributed by atoms with E-state index >= 15 is 0 Å². The Labute approximate surface area is 87.5 Å². The summed E-state index contributed by atoms with van der Waals surface area (Å²) in [4.78, 5) is 0. The molecule has 0 aliphatic rings. The Morgan fingerprint density at radius 3 is 2.79 bits per heavy atom. The van der Waals surface area contributed by atoms with Crippen molar-refractivity contribution in [2.75, 3.05) is 6.26 Å². The molecular weight excluding hydrogens is 194 g/mol. The first kappa shape index (κ1) is 9.52. The smallest absolute Gasteiger partial charge is 0.161 e. The zero-order valence-electron chi connectivity index (χ0n) is 8.61. The molecule has 2 rings (SSSR count). The molecule has 0 unspecified atom stereocenters. The molecule has 2 aromatic rings. The fourth-order valence-corrected chi connectivity index (χ4v) is 2.23. The molecule has 0 amide bonds. The van der Waals surface area contributed by atoms with E-state index in [0.29, 0.717) is 0 Å². The molecule has 0 saturated heterocycles. The van der Waals surface area contributed by atoms with E-state index in [9.17, 15) is 0 Å². The predicted octanol–water partition coefficient (Wildman–Crippen LogP) is 2.32. The van der Waals surface area contributed by atoms with Crippen molar-refractivity contribution in [1.29, 1.82) is 0 Å². The Balaban J connectivity index is 2.78. The number of pyridine rings is 1. The molecular formula is C10H13N3S. The maximum Gasteiger partial charge on any atom is 0.161 e. The average Bonchev–Trinajstić information content (AvgIpc) is 2.59. The summed E-state index contributed by atoms with van der Waals surface area (Å²) in [6.07, 6.45) is 2.99. The highest BCUT2D eigenvalue weighted by atomic mass is 32.2. The summed E-state index contributed by atoms with van der Waals surface area (Å²) < 4.78 is 2.12. The van der Waals surface area contributed by atoms with E-state index in [1.807, 2.05) is 0 Å². The van der Waals surface area contributed by atoms with Crippen LogP contribution in [-0.4, -0.2) is 20.9 Å². The lowest BCUT2D eigenvalue weighted by Crippen LogP contribution is -1.96. The minimum atomic E-state index is 0.914. The number of aryl methyl sites for hydroxylation is 2. The monoisotopic (exact) mass is 207 g/mol. The molecule has 3 nitrogen and oxygen atoms in total. The van der Waals surface area contributed by atoms with Crippen molar-refractivity contribution < 1.29 is 0 Å². The summed E-state index contributed by atoms with van der Waals surface area (Å²) in [5, 5.41) is 9.53. The van der Waals surface area contributed by atoms with Gasteiger partial charge in [0.1, 0.15) is 5.82 Å². The molecule has 2 aromatic heterocycles. The summed E-state index contributed by atoms with van der Waals surface area (Å²) in [5.41, 5.74) is 2.18. The Morgan fingerprint density at radius 1 is 1.36 bits per heavy atom. The van der Waals surface area contributed by atoms with Crippen LogP contribution in [0, 0.1) is 6.92 Å². The molecule has 0 fully saturated rings. The van der Waals surface area contributed by atoms with Crippen molar-refractivity contribution in [3.05, 3.63) is 23.5 Å². The molecule has 0 N–H and O–H groups in total. The van der Waals surface area contributed by atoms with Gasteiger partial charge in [0.2, 0.25) is 0 Å². The largest absolute Gasteiger partial charge is 0.273 e. The standard InChI is InChI=1S/C10H13N3S/c1-4-8-11-12-9-5-7(2)6-10(14-3)13(8)9/h5-6H,4H2,1-3H3. The second-order valence-electron chi connectivity index (χ2n) is 3.24. The molecule has 2 heterocycles. The van der Waals surface area contributed by atoms with Gasteiger partial charge in [0.15, 0.2) is 5.65 Å². The summed E-state index contributed by atoms with van der Waals surface area (Å²) in [6, 6.07) is 4.23. The molecule has 0 radical (unpaired) electrons. The first-order valence-corrected chi connectivity index (χ1v) is 5.87. The highest BCUT2D eigenvalue weighted by Gasteiger charge is 2.07. The van der Waals surface area contributed by atoms with Gasteiger partial charge in [0.25, 0.3) is 0 Å². The van der Waals surface area contributed by atoms with Crippen LogP contribution in [0.4, 0.5) is 0 Å². The highest BCUT2D eigenvalue weighted by Crippen LogP contribution is 2.20. The van der Waals surface area contributed by atoms with Crippen LogP contribution in [0.2, 0.25) is 0 Å². The lowest BCUT2D eigenvalue weighted by atomic mass is 10.3. The summed E-state index contributed by atoms with van der Waals surface area (Å²) in [5.74, 6) is 1.03. The lowest BCUT2D eigenvalue weighted by Gasteiger charge is -2.04. The highest BCUT2D eigenvalue weighted by molar-refractivity contribution is 7.98. The van der Waals surface area contributed by atoms with Crippen LogP contribution in [0.1, 0.15) is 18.3 Å². The van der Waals surface area contributed by atoms with Gasteiger partial charge in [-0.25, -0.2) is 0 Å². The minimum Gasteiger partial charge on any atom is -0.273 e. The van der Waals surface area contributed by atoms with Crippen LogP contribution in [0.25, 0.3) is 5.65 Å². The van der Waals surface area contributed by atoms with Gasteiger partial charge in [0, 0.05) is 6.42 Å². The number of hydrogen-bond donors (Lipinski definition) is 0. The quantitative estimate of drug-likeness (QED) is 0.708. The van der Waals surface area contributed by atoms with Crippen LogP contribution in [-0.2, 0) is 6.42 Å². The number of aromatic nitrogens is 3. The Hall–Kier alpha value is -1.03. The first-order chi connectivity index (χ1) is 6.76. The van der Waals surface area contributed by atoms with Gasteiger partial charge in [-0.1, -0.05) is 6.92 Å². The molecule has 0 aliphatic carbocycles. The van der Waals surface area contributed by atoms with Gasteiger partial charge in [-0.2, -0.15) is 0 Å². The molecule has 0 spiro atoms. The Morgan fingerprint density at radius 2 is 2.14 bits per heavy atom. The number of nitrogens with zero attached hydrogens (tertiary/aromatic N) is 3. The summed E-state index contributed by atoms with van der Waals surface area (Å²) in [6.45, 7) is 4.18. The van der Waals surface area contributed by atoms with Crippen LogP contribution in [0.5, 0.6) is 0 Å². The topological polar surface area (TPSA) is 30.2 Å². The zero-order chi connectivity index (χ0) is 10.1. The Kier molecular flexibility index (Phi) is 2.46. The maximum absolute atomic E-state index is 4.16. The van der Waals surface area contributed by atoms with Crippen LogP contribution >= 0.6 is 11.8 Å². The number of fused-ring (bicyclic) bond motifs is 1. The lowest BCUT2D eigenvalue weighted by molar-refractivity contribution is 0.864. The third-order valence-electron chi connectivity index (χ3n) is 2.21. The maximum atomic E-state index is 4.16. The average molecular weight is 207 g/mol. The van der Waals surface area contributed by atoms with Gasteiger partial charge >= 0.3 is 0 Å². The second kappa shape index (κ2) is 3.61. The van der Waals surface area contributed by atoms with Crippen LogP contribution in [0.3, 0.4) is 0 Å². The molecule has 0 saturated carbocycles. The van der Waals surface area contributed by atoms with Crippen molar-refractivity contribution in [2.45, 2.75) is 25.3 Å². The molecule has 4 heteroatoms. The summed E-state index contributed by atoms with van der Waals surface area (Å²) in [7, 11) is 0. The van der Waals surface area contributed by atoms with Crippen molar-refractivity contribution in [2.24, 2.45) is 0 Å². The van der Waals surface area contributed by atoms with E-state index in [0.717, 1.165) is 17.9 Å². The molecule has 14 heavy (non-hydrogen) atoms. The fraction of sp³-hybridized carbons (Fsp3) is 0.400. The van der Waals surface area contributed by atoms with Crippen LogP contribution < -0.4 is 0 Å². The van der Waals surface area contributed by atoms with Crippen molar-refractivity contribution >= 4 is 17.4 Å². The fourth-order valence-electron chi connectivity index (χ4n) is 1.55. The van der Waals surface area contributed by atoms with Crippen molar-refractivity contribution in [1.82, 2.24) is 14.6 Å². The van der Waals surface area contributed by atoms with E-state index in [1.54, 1.807) is 11.8 Å².